The van der Waals surface area contributed by atoms with E-state index in [1.165, 1.54) is 12.1 Å². The van der Waals surface area contributed by atoms with Gasteiger partial charge in [0.2, 0.25) is 0 Å². The summed E-state index contributed by atoms with van der Waals surface area (Å²) in [6, 6.07) is 7.06. The average molecular weight is 314 g/mol. The molecule has 2 heterocycles. The Morgan fingerprint density at radius 2 is 1.95 bits per heavy atom. The number of nitrogens with zero attached hydrogens (tertiary/aromatic N) is 1. The first kappa shape index (κ1) is 16.2. The van der Waals surface area contributed by atoms with E-state index in [0.29, 0.717) is 17.6 Å². The molecule has 0 aliphatic carbocycles. The molecule has 2 aliphatic rings. The molecule has 2 bridgehead atoms. The van der Waals surface area contributed by atoms with Crippen molar-refractivity contribution in [2.75, 3.05) is 7.05 Å². The lowest BCUT2D eigenvalue weighted by molar-refractivity contribution is -0.141. The van der Waals surface area contributed by atoms with Crippen molar-refractivity contribution in [3.63, 3.8) is 0 Å². The Labute approximate surface area is 130 Å². The van der Waals surface area contributed by atoms with Crippen LogP contribution < -0.4 is 0 Å². The fourth-order valence-corrected chi connectivity index (χ4v) is 4.04. The van der Waals surface area contributed by atoms with E-state index in [1.54, 1.807) is 12.1 Å². The molecule has 0 saturated carbocycles. The van der Waals surface area contributed by atoms with Crippen molar-refractivity contribution in [1.29, 1.82) is 0 Å². The van der Waals surface area contributed by atoms with E-state index >= 15 is 0 Å². The number of hydrogen-bond acceptors (Lipinski definition) is 2. The topological polar surface area (TPSA) is 40.5 Å². The maximum Gasteiger partial charge on any atom is 0.311 e. The average Bonchev–Trinajstić information content (AvgIpc) is 2.62. The Kier molecular flexibility index (Phi) is 4.89. The maximum absolute atomic E-state index is 13.4. The highest BCUT2D eigenvalue weighted by molar-refractivity contribution is 5.85. The second kappa shape index (κ2) is 6.32. The smallest absolute Gasteiger partial charge is 0.311 e. The summed E-state index contributed by atoms with van der Waals surface area (Å²) in [5, 5.41) is 9.59. The zero-order valence-corrected chi connectivity index (χ0v) is 12.9. The van der Waals surface area contributed by atoms with Gasteiger partial charge in [-0.05, 0) is 56.3 Å². The van der Waals surface area contributed by atoms with Crippen LogP contribution in [0.1, 0.15) is 37.2 Å². The van der Waals surface area contributed by atoms with Crippen LogP contribution in [0.4, 0.5) is 4.39 Å². The van der Waals surface area contributed by atoms with E-state index in [9.17, 15) is 14.3 Å². The highest BCUT2D eigenvalue weighted by atomic mass is 35.5. The van der Waals surface area contributed by atoms with Gasteiger partial charge in [0.15, 0.2) is 0 Å². The predicted molar refractivity (Wildman–Crippen MR) is 81.3 cm³/mol. The number of carbonyl (C=O) groups is 1. The summed E-state index contributed by atoms with van der Waals surface area (Å²) in [6.45, 7) is 0. The molecular weight excluding hydrogens is 293 g/mol. The standard InChI is InChI=1S/C16H20FNO2.ClH/c1-18-13-5-6-14(18)9-11(8-13)15(16(19)20)10-3-2-4-12(17)7-10;/h2-4,7,11,13-15H,5-6,8-9H2,1H3,(H,19,20);1H. The summed E-state index contributed by atoms with van der Waals surface area (Å²) in [6.07, 6.45) is 4.13. The van der Waals surface area contributed by atoms with Gasteiger partial charge in [-0.3, -0.25) is 4.79 Å². The van der Waals surface area contributed by atoms with Crippen molar-refractivity contribution >= 4 is 18.4 Å². The molecule has 1 aromatic rings. The lowest BCUT2D eigenvalue weighted by Crippen LogP contribution is -2.42. The first-order valence-corrected chi connectivity index (χ1v) is 7.26. The minimum absolute atomic E-state index is 0. The summed E-state index contributed by atoms with van der Waals surface area (Å²) in [7, 11) is 2.14. The first-order chi connectivity index (χ1) is 9.56. The molecule has 3 unspecified atom stereocenters. The Morgan fingerprint density at radius 3 is 2.48 bits per heavy atom. The van der Waals surface area contributed by atoms with Gasteiger partial charge in [0.05, 0.1) is 5.92 Å². The summed E-state index contributed by atoms with van der Waals surface area (Å²) < 4.78 is 13.4. The van der Waals surface area contributed by atoms with E-state index < -0.39 is 11.9 Å². The minimum atomic E-state index is -0.829. The summed E-state index contributed by atoms with van der Waals surface area (Å²) in [5.74, 6) is -1.65. The van der Waals surface area contributed by atoms with Crippen LogP contribution in [0.2, 0.25) is 0 Å². The van der Waals surface area contributed by atoms with Gasteiger partial charge in [0.1, 0.15) is 5.82 Å². The number of benzene rings is 1. The second-order valence-corrected chi connectivity index (χ2v) is 6.15. The van der Waals surface area contributed by atoms with Crippen LogP contribution in [-0.4, -0.2) is 35.1 Å². The van der Waals surface area contributed by atoms with E-state index in [0.717, 1.165) is 25.7 Å². The van der Waals surface area contributed by atoms with Gasteiger partial charge in [-0.25, -0.2) is 4.39 Å². The van der Waals surface area contributed by atoms with Gasteiger partial charge in [-0.15, -0.1) is 12.4 Å². The molecule has 2 fully saturated rings. The van der Waals surface area contributed by atoms with E-state index in [2.05, 4.69) is 11.9 Å². The highest BCUT2D eigenvalue weighted by Crippen LogP contribution is 2.43. The molecule has 3 nitrogen and oxygen atoms in total. The SMILES string of the molecule is CN1C2CCC1CC(C(C(=O)O)c1cccc(F)c1)C2.Cl. The molecule has 0 radical (unpaired) electrons. The third kappa shape index (κ3) is 3.06. The predicted octanol–water partition coefficient (Wildman–Crippen LogP) is 3.29. The lowest BCUT2D eigenvalue weighted by Gasteiger charge is -2.38. The molecule has 2 aliphatic heterocycles. The number of carboxylic acid groups (broad SMARTS) is 1. The molecule has 3 rings (SSSR count). The highest BCUT2D eigenvalue weighted by Gasteiger charge is 2.43. The van der Waals surface area contributed by atoms with Crippen LogP contribution in [0.15, 0.2) is 24.3 Å². The van der Waals surface area contributed by atoms with Crippen molar-refractivity contribution < 1.29 is 14.3 Å². The van der Waals surface area contributed by atoms with Gasteiger partial charge >= 0.3 is 5.97 Å². The Balaban J connectivity index is 0.00000161. The van der Waals surface area contributed by atoms with Crippen LogP contribution in [0, 0.1) is 11.7 Å². The Hall–Kier alpha value is -1.13. The monoisotopic (exact) mass is 313 g/mol. The normalized spacial score (nSPS) is 29.7. The largest absolute Gasteiger partial charge is 0.481 e. The molecular formula is C16H21ClFNO2. The van der Waals surface area contributed by atoms with Crippen molar-refractivity contribution in [3.8, 4) is 0 Å². The van der Waals surface area contributed by atoms with Crippen LogP contribution >= 0.6 is 12.4 Å². The molecule has 1 aromatic carbocycles. The van der Waals surface area contributed by atoms with Gasteiger partial charge < -0.3 is 10.0 Å². The summed E-state index contributed by atoms with van der Waals surface area (Å²) in [4.78, 5) is 14.1. The Morgan fingerprint density at radius 1 is 1.33 bits per heavy atom. The molecule has 3 atom stereocenters. The third-order valence-electron chi connectivity index (χ3n) is 5.08. The van der Waals surface area contributed by atoms with Crippen molar-refractivity contribution in [1.82, 2.24) is 4.90 Å². The van der Waals surface area contributed by atoms with Crippen molar-refractivity contribution in [2.45, 2.75) is 43.7 Å². The van der Waals surface area contributed by atoms with Crippen LogP contribution in [0.3, 0.4) is 0 Å². The van der Waals surface area contributed by atoms with Gasteiger partial charge in [-0.2, -0.15) is 0 Å². The second-order valence-electron chi connectivity index (χ2n) is 6.15. The van der Waals surface area contributed by atoms with Crippen molar-refractivity contribution in [2.24, 2.45) is 5.92 Å². The lowest BCUT2D eigenvalue weighted by atomic mass is 9.77. The van der Waals surface area contributed by atoms with Crippen LogP contribution in [-0.2, 0) is 4.79 Å². The van der Waals surface area contributed by atoms with E-state index in [1.807, 2.05) is 0 Å². The molecule has 116 valence electrons. The third-order valence-corrected chi connectivity index (χ3v) is 5.08. The Bertz CT molecular complexity index is 511. The fourth-order valence-electron chi connectivity index (χ4n) is 4.04. The van der Waals surface area contributed by atoms with Crippen LogP contribution in [0.5, 0.6) is 0 Å². The maximum atomic E-state index is 13.4. The number of piperidine rings is 1. The van der Waals surface area contributed by atoms with Crippen LogP contribution in [0.25, 0.3) is 0 Å². The molecule has 0 amide bonds. The number of fused-ring (bicyclic) bond motifs is 2. The number of carboxylic acids is 1. The van der Waals surface area contributed by atoms with E-state index in [-0.39, 0.29) is 24.1 Å². The van der Waals surface area contributed by atoms with E-state index in [4.69, 9.17) is 0 Å². The quantitative estimate of drug-likeness (QED) is 0.931. The molecule has 1 N–H and O–H groups in total. The number of hydrogen-bond donors (Lipinski definition) is 1. The van der Waals surface area contributed by atoms with Gasteiger partial charge in [-0.1, -0.05) is 12.1 Å². The first-order valence-electron chi connectivity index (χ1n) is 7.26. The molecule has 2 saturated heterocycles. The molecule has 21 heavy (non-hydrogen) atoms. The van der Waals surface area contributed by atoms with Gasteiger partial charge in [0.25, 0.3) is 0 Å². The summed E-state index contributed by atoms with van der Waals surface area (Å²) >= 11 is 0. The number of aliphatic carboxylic acids is 1. The molecule has 5 heteroatoms. The van der Waals surface area contributed by atoms with Gasteiger partial charge in [0, 0.05) is 12.1 Å². The molecule has 0 aromatic heterocycles. The minimum Gasteiger partial charge on any atom is -0.481 e. The molecule has 0 spiro atoms. The zero-order valence-electron chi connectivity index (χ0n) is 12.0. The zero-order chi connectivity index (χ0) is 14.3. The summed E-state index contributed by atoms with van der Waals surface area (Å²) in [5.41, 5.74) is 0.603. The number of halogens is 2. The van der Waals surface area contributed by atoms with Crippen molar-refractivity contribution in [3.05, 3.63) is 35.6 Å². The number of rotatable bonds is 3. The fraction of sp³-hybridized carbons (Fsp3) is 0.562.